The molecule has 0 bridgehead atoms. The maximum atomic E-state index is 13.9. The molecule has 0 saturated carbocycles. The number of hydrogen-bond donors (Lipinski definition) is 1. The lowest BCUT2D eigenvalue weighted by Gasteiger charge is -2.29. The number of carbonyl (C=O) groups is 2. The molecular formula is C21H22F3N3O3. The smallest absolute Gasteiger partial charge is 0.265 e. The van der Waals surface area contributed by atoms with Crippen LogP contribution in [-0.2, 0) is 4.79 Å². The van der Waals surface area contributed by atoms with E-state index in [0.29, 0.717) is 25.0 Å². The summed E-state index contributed by atoms with van der Waals surface area (Å²) in [6.07, 6.45) is -0.206. The number of amides is 1. The minimum absolute atomic E-state index is 0.0177. The standard InChI is InChI=1S/C21H22F3N3O3/c1-26-8-6-12(7-9-26)19(28)20(29)16-4-3-5-17(25-16)27(2)21(30)18-14(23)10-13(22)11-15(18)24/h3-5,10-12,20,29H,6-9H2,1-2H3. The third-order valence-electron chi connectivity index (χ3n) is 5.30. The zero-order valence-electron chi connectivity index (χ0n) is 16.6. The zero-order chi connectivity index (χ0) is 22.0. The van der Waals surface area contributed by atoms with Gasteiger partial charge in [0.2, 0.25) is 0 Å². The summed E-state index contributed by atoms with van der Waals surface area (Å²) in [5.41, 5.74) is -0.884. The molecule has 1 atom stereocenters. The lowest BCUT2D eigenvalue weighted by molar-refractivity contribution is -0.133. The molecule has 1 aromatic carbocycles. The van der Waals surface area contributed by atoms with Crippen LogP contribution in [0, 0.1) is 23.4 Å². The molecule has 2 heterocycles. The predicted octanol–water partition coefficient (Wildman–Crippen LogP) is 2.72. The normalized spacial score (nSPS) is 16.3. The van der Waals surface area contributed by atoms with Crippen molar-refractivity contribution >= 4 is 17.5 Å². The van der Waals surface area contributed by atoms with Crippen molar-refractivity contribution in [2.24, 2.45) is 5.92 Å². The zero-order valence-corrected chi connectivity index (χ0v) is 16.6. The first-order valence-electron chi connectivity index (χ1n) is 9.49. The number of anilines is 1. The maximum absolute atomic E-state index is 13.9. The fourth-order valence-corrected chi connectivity index (χ4v) is 3.46. The van der Waals surface area contributed by atoms with Gasteiger partial charge in [0.05, 0.1) is 5.69 Å². The number of pyridine rings is 1. The third kappa shape index (κ3) is 4.52. The van der Waals surface area contributed by atoms with Gasteiger partial charge in [0, 0.05) is 25.1 Å². The van der Waals surface area contributed by atoms with Crippen LogP contribution in [0.3, 0.4) is 0 Å². The van der Waals surface area contributed by atoms with E-state index in [0.717, 1.165) is 18.0 Å². The van der Waals surface area contributed by atoms with Crippen LogP contribution in [0.15, 0.2) is 30.3 Å². The number of Topliss-reactive ketones (excluding diaryl/α,β-unsaturated/α-hetero) is 1. The van der Waals surface area contributed by atoms with Crippen molar-refractivity contribution in [3.05, 3.63) is 59.0 Å². The van der Waals surface area contributed by atoms with E-state index in [1.54, 1.807) is 0 Å². The predicted molar refractivity (Wildman–Crippen MR) is 103 cm³/mol. The Labute approximate surface area is 171 Å². The van der Waals surface area contributed by atoms with E-state index < -0.39 is 35.0 Å². The molecule has 0 radical (unpaired) electrons. The molecule has 2 aromatic rings. The molecule has 1 amide bonds. The van der Waals surface area contributed by atoms with E-state index in [9.17, 15) is 27.9 Å². The summed E-state index contributed by atoms with van der Waals surface area (Å²) in [5, 5.41) is 10.5. The Morgan fingerprint density at radius 1 is 1.17 bits per heavy atom. The quantitative estimate of drug-likeness (QED) is 0.804. The highest BCUT2D eigenvalue weighted by molar-refractivity contribution is 6.05. The molecule has 1 fully saturated rings. The molecule has 1 unspecified atom stereocenters. The third-order valence-corrected chi connectivity index (χ3v) is 5.30. The highest BCUT2D eigenvalue weighted by atomic mass is 19.1. The lowest BCUT2D eigenvalue weighted by Crippen LogP contribution is -2.35. The van der Waals surface area contributed by atoms with Gasteiger partial charge in [-0.15, -0.1) is 0 Å². The molecule has 1 saturated heterocycles. The van der Waals surface area contributed by atoms with Gasteiger partial charge in [0.1, 0.15) is 28.8 Å². The Balaban J connectivity index is 1.81. The molecule has 0 spiro atoms. The number of carbonyl (C=O) groups excluding carboxylic acids is 2. The summed E-state index contributed by atoms with van der Waals surface area (Å²) in [7, 11) is 3.20. The van der Waals surface area contributed by atoms with Crippen molar-refractivity contribution < 1.29 is 27.9 Å². The molecule has 9 heteroatoms. The number of rotatable bonds is 5. The average molecular weight is 421 g/mol. The number of benzene rings is 1. The van der Waals surface area contributed by atoms with Gasteiger partial charge < -0.3 is 10.0 Å². The van der Waals surface area contributed by atoms with Crippen molar-refractivity contribution in [2.45, 2.75) is 18.9 Å². The molecule has 0 aliphatic carbocycles. The number of likely N-dealkylation sites (tertiary alicyclic amines) is 1. The van der Waals surface area contributed by atoms with E-state index in [2.05, 4.69) is 9.88 Å². The Hall–Kier alpha value is -2.78. The Morgan fingerprint density at radius 3 is 2.37 bits per heavy atom. The number of ketones is 1. The summed E-state index contributed by atoms with van der Waals surface area (Å²) >= 11 is 0. The minimum Gasteiger partial charge on any atom is -0.379 e. The molecule has 30 heavy (non-hydrogen) atoms. The fraction of sp³-hybridized carbons (Fsp3) is 0.381. The molecule has 1 aliphatic rings. The van der Waals surface area contributed by atoms with Gasteiger partial charge in [-0.2, -0.15) is 0 Å². The van der Waals surface area contributed by atoms with Crippen molar-refractivity contribution in [1.29, 1.82) is 0 Å². The summed E-state index contributed by atoms with van der Waals surface area (Å²) in [5.74, 6) is -5.54. The largest absolute Gasteiger partial charge is 0.379 e. The topological polar surface area (TPSA) is 73.7 Å². The fourth-order valence-electron chi connectivity index (χ4n) is 3.46. The van der Waals surface area contributed by atoms with Gasteiger partial charge >= 0.3 is 0 Å². The summed E-state index contributed by atoms with van der Waals surface area (Å²) in [4.78, 5) is 32.3. The van der Waals surface area contributed by atoms with E-state index in [-0.39, 0.29) is 23.2 Å². The van der Waals surface area contributed by atoms with Crippen molar-refractivity contribution in [1.82, 2.24) is 9.88 Å². The number of aliphatic hydroxyl groups is 1. The number of hydrogen-bond acceptors (Lipinski definition) is 5. The average Bonchev–Trinajstić information content (AvgIpc) is 2.72. The molecule has 1 N–H and O–H groups in total. The summed E-state index contributed by atoms with van der Waals surface area (Å²) in [6.45, 7) is 1.51. The Kier molecular flexibility index (Phi) is 6.52. The van der Waals surface area contributed by atoms with Crippen LogP contribution in [0.4, 0.5) is 19.0 Å². The van der Waals surface area contributed by atoms with Crippen LogP contribution in [-0.4, -0.2) is 53.9 Å². The van der Waals surface area contributed by atoms with Crippen molar-refractivity contribution in [2.75, 3.05) is 32.1 Å². The number of nitrogens with zero attached hydrogens (tertiary/aromatic N) is 3. The minimum atomic E-state index is -1.47. The first-order chi connectivity index (χ1) is 14.2. The highest BCUT2D eigenvalue weighted by Gasteiger charge is 2.30. The van der Waals surface area contributed by atoms with Gasteiger partial charge in [-0.05, 0) is 45.1 Å². The first-order valence-corrected chi connectivity index (χ1v) is 9.49. The van der Waals surface area contributed by atoms with Crippen LogP contribution in [0.5, 0.6) is 0 Å². The first kappa shape index (κ1) is 21.9. The van der Waals surface area contributed by atoms with Crippen molar-refractivity contribution in [3.63, 3.8) is 0 Å². The van der Waals surface area contributed by atoms with Gasteiger partial charge in [-0.3, -0.25) is 14.5 Å². The number of aromatic nitrogens is 1. The van der Waals surface area contributed by atoms with E-state index in [4.69, 9.17) is 0 Å². The van der Waals surface area contributed by atoms with E-state index >= 15 is 0 Å². The van der Waals surface area contributed by atoms with Gasteiger partial charge in [-0.25, -0.2) is 18.2 Å². The molecule has 160 valence electrons. The summed E-state index contributed by atoms with van der Waals surface area (Å²) < 4.78 is 41.0. The SMILES string of the molecule is CN1CCC(C(=O)C(O)c2cccc(N(C)C(=O)c3c(F)cc(F)cc3F)n2)CC1. The lowest BCUT2D eigenvalue weighted by atomic mass is 9.89. The summed E-state index contributed by atoms with van der Waals surface area (Å²) in [6, 6.07) is 5.14. The molecular weight excluding hydrogens is 399 g/mol. The number of aliphatic hydroxyl groups excluding tert-OH is 1. The monoisotopic (exact) mass is 421 g/mol. The number of halogens is 3. The molecule has 6 nitrogen and oxygen atoms in total. The van der Waals surface area contributed by atoms with E-state index in [1.807, 2.05) is 7.05 Å². The van der Waals surface area contributed by atoms with Gasteiger partial charge in [-0.1, -0.05) is 6.07 Å². The maximum Gasteiger partial charge on any atom is 0.265 e. The second-order valence-corrected chi connectivity index (χ2v) is 7.41. The Bertz CT molecular complexity index is 939. The molecule has 1 aromatic heterocycles. The Morgan fingerprint density at radius 2 is 1.77 bits per heavy atom. The second kappa shape index (κ2) is 8.93. The van der Waals surface area contributed by atoms with E-state index in [1.165, 1.54) is 25.2 Å². The molecule has 1 aliphatic heterocycles. The van der Waals surface area contributed by atoms with Crippen LogP contribution in [0.1, 0.15) is 35.0 Å². The van der Waals surface area contributed by atoms with Crippen LogP contribution in [0.2, 0.25) is 0 Å². The number of piperidine rings is 1. The van der Waals surface area contributed by atoms with Crippen LogP contribution >= 0.6 is 0 Å². The van der Waals surface area contributed by atoms with Crippen LogP contribution in [0.25, 0.3) is 0 Å². The van der Waals surface area contributed by atoms with Gasteiger partial charge in [0.15, 0.2) is 11.9 Å². The molecule has 3 rings (SSSR count). The van der Waals surface area contributed by atoms with Crippen LogP contribution < -0.4 is 4.90 Å². The van der Waals surface area contributed by atoms with Crippen molar-refractivity contribution in [3.8, 4) is 0 Å². The highest BCUT2D eigenvalue weighted by Crippen LogP contribution is 2.26. The van der Waals surface area contributed by atoms with Gasteiger partial charge in [0.25, 0.3) is 5.91 Å². The second-order valence-electron chi connectivity index (χ2n) is 7.41.